The Morgan fingerprint density at radius 1 is 1.46 bits per heavy atom. The molecule has 2 N–H and O–H groups in total. The fourth-order valence-electron chi connectivity index (χ4n) is 1.03. The Bertz CT molecular complexity index is 313. The monoisotopic (exact) mass is 183 g/mol. The van der Waals surface area contributed by atoms with Crippen molar-refractivity contribution in [2.75, 3.05) is 6.61 Å². The molecule has 70 valence electrons. The second-order valence-electron chi connectivity index (χ2n) is 2.51. The van der Waals surface area contributed by atoms with Crippen molar-refractivity contribution in [2.45, 2.75) is 6.10 Å². The molecule has 5 nitrogen and oxygen atoms in total. The van der Waals surface area contributed by atoms with E-state index in [1.807, 2.05) is 0 Å². The van der Waals surface area contributed by atoms with Crippen LogP contribution < -0.4 is 0 Å². The van der Waals surface area contributed by atoms with Gasteiger partial charge in [0.05, 0.1) is 17.1 Å². The van der Waals surface area contributed by atoms with Gasteiger partial charge in [-0.25, -0.2) is 0 Å². The molecule has 0 aliphatic heterocycles. The van der Waals surface area contributed by atoms with Gasteiger partial charge in [-0.3, -0.25) is 10.1 Å². The molecule has 1 aromatic rings. The zero-order valence-corrected chi connectivity index (χ0v) is 6.75. The van der Waals surface area contributed by atoms with Crippen molar-refractivity contribution in [3.8, 4) is 0 Å². The van der Waals surface area contributed by atoms with Gasteiger partial charge < -0.3 is 10.2 Å². The summed E-state index contributed by atoms with van der Waals surface area (Å²) < 4.78 is 0. The smallest absolute Gasteiger partial charge is 0.275 e. The highest BCUT2D eigenvalue weighted by atomic mass is 16.6. The molecular formula is C8H9NO4. The van der Waals surface area contributed by atoms with E-state index in [9.17, 15) is 15.2 Å². The summed E-state index contributed by atoms with van der Waals surface area (Å²) in [5, 5.41) is 28.3. The SMILES string of the molecule is O=[N+]([O-])c1ccccc1[C@@H](O)CO. The first-order valence-electron chi connectivity index (χ1n) is 3.69. The van der Waals surface area contributed by atoms with Gasteiger partial charge in [0.15, 0.2) is 0 Å². The van der Waals surface area contributed by atoms with E-state index in [1.54, 1.807) is 6.07 Å². The summed E-state index contributed by atoms with van der Waals surface area (Å²) in [6.45, 7) is -0.523. The third-order valence-corrected chi connectivity index (χ3v) is 1.67. The molecule has 0 aliphatic rings. The molecule has 0 radical (unpaired) electrons. The van der Waals surface area contributed by atoms with E-state index in [0.29, 0.717) is 0 Å². The molecule has 0 aliphatic carbocycles. The molecule has 1 rings (SSSR count). The van der Waals surface area contributed by atoms with E-state index in [4.69, 9.17) is 5.11 Å². The Kier molecular flexibility index (Phi) is 2.94. The number of benzene rings is 1. The average molecular weight is 183 g/mol. The second-order valence-corrected chi connectivity index (χ2v) is 2.51. The third kappa shape index (κ3) is 2.01. The Balaban J connectivity index is 3.11. The summed E-state index contributed by atoms with van der Waals surface area (Å²) in [5.74, 6) is 0. The maximum atomic E-state index is 10.5. The van der Waals surface area contributed by atoms with E-state index >= 15 is 0 Å². The molecule has 5 heteroatoms. The first kappa shape index (κ1) is 9.63. The number of hydrogen-bond acceptors (Lipinski definition) is 4. The van der Waals surface area contributed by atoms with E-state index in [0.717, 1.165) is 0 Å². The van der Waals surface area contributed by atoms with Crippen LogP contribution >= 0.6 is 0 Å². The lowest BCUT2D eigenvalue weighted by Gasteiger charge is -2.06. The lowest BCUT2D eigenvalue weighted by Crippen LogP contribution is -2.05. The molecule has 1 aromatic carbocycles. The number of rotatable bonds is 3. The molecule has 0 amide bonds. The maximum absolute atomic E-state index is 10.5. The fourth-order valence-corrected chi connectivity index (χ4v) is 1.03. The van der Waals surface area contributed by atoms with Crippen molar-refractivity contribution in [1.82, 2.24) is 0 Å². The van der Waals surface area contributed by atoms with Crippen LogP contribution in [0.2, 0.25) is 0 Å². The van der Waals surface area contributed by atoms with Crippen molar-refractivity contribution in [3.63, 3.8) is 0 Å². The molecular weight excluding hydrogens is 174 g/mol. The fraction of sp³-hybridized carbons (Fsp3) is 0.250. The highest BCUT2D eigenvalue weighted by Gasteiger charge is 2.18. The van der Waals surface area contributed by atoms with Gasteiger partial charge in [-0.1, -0.05) is 12.1 Å². The van der Waals surface area contributed by atoms with Crippen LogP contribution in [0.4, 0.5) is 5.69 Å². The van der Waals surface area contributed by atoms with Crippen LogP contribution in [0.1, 0.15) is 11.7 Å². The number of hydrogen-bond donors (Lipinski definition) is 2. The number of nitro benzene ring substituents is 1. The van der Waals surface area contributed by atoms with Crippen LogP contribution in [0, 0.1) is 10.1 Å². The topological polar surface area (TPSA) is 83.6 Å². The van der Waals surface area contributed by atoms with Crippen molar-refractivity contribution >= 4 is 5.69 Å². The van der Waals surface area contributed by atoms with E-state index in [2.05, 4.69) is 0 Å². The predicted molar refractivity (Wildman–Crippen MR) is 45.1 cm³/mol. The van der Waals surface area contributed by atoms with Crippen LogP contribution in [0.15, 0.2) is 24.3 Å². The predicted octanol–water partition coefficient (Wildman–Crippen LogP) is 0.620. The highest BCUT2D eigenvalue weighted by Crippen LogP contribution is 2.23. The van der Waals surface area contributed by atoms with Crippen molar-refractivity contribution in [3.05, 3.63) is 39.9 Å². The molecule has 0 saturated heterocycles. The molecule has 0 saturated carbocycles. The van der Waals surface area contributed by atoms with Crippen molar-refractivity contribution in [1.29, 1.82) is 0 Å². The summed E-state index contributed by atoms with van der Waals surface area (Å²) >= 11 is 0. The molecule has 0 heterocycles. The standard InChI is InChI=1S/C8H9NO4/c10-5-8(11)6-3-1-2-4-7(6)9(12)13/h1-4,8,10-11H,5H2/t8-/m0/s1. The minimum absolute atomic E-state index is 0.134. The van der Waals surface area contributed by atoms with Gasteiger partial charge in [0.1, 0.15) is 6.10 Å². The van der Waals surface area contributed by atoms with Gasteiger partial charge in [0.2, 0.25) is 0 Å². The quantitative estimate of drug-likeness (QED) is 0.531. The minimum atomic E-state index is -1.19. The lowest BCUT2D eigenvalue weighted by atomic mass is 10.1. The van der Waals surface area contributed by atoms with Crippen molar-refractivity contribution in [2.24, 2.45) is 0 Å². The lowest BCUT2D eigenvalue weighted by molar-refractivity contribution is -0.386. The van der Waals surface area contributed by atoms with Crippen molar-refractivity contribution < 1.29 is 15.1 Å². The van der Waals surface area contributed by atoms with Gasteiger partial charge in [-0.05, 0) is 6.07 Å². The molecule has 1 atom stereocenters. The normalized spacial score (nSPS) is 12.5. The molecule has 0 bridgehead atoms. The zero-order chi connectivity index (χ0) is 9.84. The van der Waals surface area contributed by atoms with Gasteiger partial charge in [0, 0.05) is 6.07 Å². The van der Waals surface area contributed by atoms with Crippen LogP contribution in [0.3, 0.4) is 0 Å². The van der Waals surface area contributed by atoms with Crippen LogP contribution in [-0.4, -0.2) is 21.7 Å². The number of aliphatic hydroxyl groups is 2. The molecule has 0 spiro atoms. The summed E-state index contributed by atoms with van der Waals surface area (Å²) in [6.07, 6.45) is -1.19. The highest BCUT2D eigenvalue weighted by molar-refractivity contribution is 5.41. The Morgan fingerprint density at radius 3 is 2.62 bits per heavy atom. The van der Waals surface area contributed by atoms with Crippen LogP contribution in [-0.2, 0) is 0 Å². The number of nitro groups is 1. The minimum Gasteiger partial charge on any atom is -0.393 e. The summed E-state index contributed by atoms with van der Waals surface area (Å²) in [6, 6.07) is 5.78. The van der Waals surface area contributed by atoms with Gasteiger partial charge in [-0.15, -0.1) is 0 Å². The van der Waals surface area contributed by atoms with Gasteiger partial charge in [0.25, 0.3) is 5.69 Å². The number of para-hydroxylation sites is 1. The molecule has 13 heavy (non-hydrogen) atoms. The molecule has 0 aromatic heterocycles. The largest absolute Gasteiger partial charge is 0.393 e. The molecule has 0 fully saturated rings. The first-order chi connectivity index (χ1) is 6.16. The summed E-state index contributed by atoms with van der Waals surface area (Å²) in [7, 11) is 0. The van der Waals surface area contributed by atoms with Gasteiger partial charge >= 0.3 is 0 Å². The second kappa shape index (κ2) is 3.97. The van der Waals surface area contributed by atoms with E-state index in [1.165, 1.54) is 18.2 Å². The van der Waals surface area contributed by atoms with Crippen LogP contribution in [0.25, 0.3) is 0 Å². The number of aliphatic hydroxyl groups excluding tert-OH is 2. The zero-order valence-electron chi connectivity index (χ0n) is 6.75. The summed E-state index contributed by atoms with van der Waals surface area (Å²) in [5.41, 5.74) is -0.0425. The molecule has 0 unspecified atom stereocenters. The Hall–Kier alpha value is -1.46. The van der Waals surface area contributed by atoms with E-state index in [-0.39, 0.29) is 11.3 Å². The maximum Gasteiger partial charge on any atom is 0.275 e. The Labute approximate surface area is 74.4 Å². The summed E-state index contributed by atoms with van der Waals surface area (Å²) in [4.78, 5) is 9.87. The average Bonchev–Trinajstić information content (AvgIpc) is 2.16. The van der Waals surface area contributed by atoms with Crippen LogP contribution in [0.5, 0.6) is 0 Å². The first-order valence-corrected chi connectivity index (χ1v) is 3.69. The number of nitrogens with zero attached hydrogens (tertiary/aromatic N) is 1. The Morgan fingerprint density at radius 2 is 2.08 bits per heavy atom. The van der Waals surface area contributed by atoms with Gasteiger partial charge in [-0.2, -0.15) is 0 Å². The third-order valence-electron chi connectivity index (χ3n) is 1.67. The van der Waals surface area contributed by atoms with E-state index < -0.39 is 17.6 Å².